The number of rotatable bonds is 4. The Bertz CT molecular complexity index is 1330. The number of aromatic nitrogens is 2. The van der Waals surface area contributed by atoms with Gasteiger partial charge in [0.05, 0.1) is 16.8 Å². The molecule has 0 bridgehead atoms. The number of carbonyl (C=O) groups excluding carboxylic acids is 1. The zero-order chi connectivity index (χ0) is 24.0. The first-order chi connectivity index (χ1) is 16.3. The molecule has 10 nitrogen and oxygen atoms in total. The van der Waals surface area contributed by atoms with E-state index in [1.54, 1.807) is 42.4 Å². The second-order valence-electron chi connectivity index (χ2n) is 8.32. The van der Waals surface area contributed by atoms with Crippen molar-refractivity contribution in [1.82, 2.24) is 19.2 Å². The second-order valence-corrected chi connectivity index (χ2v) is 11.2. The molecule has 0 saturated carbocycles. The van der Waals surface area contributed by atoms with Crippen LogP contribution >= 0.6 is 11.3 Å². The third-order valence-electron chi connectivity index (χ3n) is 6.14. The SMILES string of the molecule is CN1CCN(S(=O)(=O)c2ccc(Nc3ncc4c(n3)N(C)c3ccsc3C(=O)N4C)cc2)CC1. The van der Waals surface area contributed by atoms with Gasteiger partial charge in [-0.3, -0.25) is 4.79 Å². The van der Waals surface area contributed by atoms with Crippen molar-refractivity contribution in [3.63, 3.8) is 0 Å². The van der Waals surface area contributed by atoms with Gasteiger partial charge in [0, 0.05) is 46.0 Å². The van der Waals surface area contributed by atoms with E-state index in [0.29, 0.717) is 41.1 Å². The smallest absolute Gasteiger partial charge is 0.270 e. The van der Waals surface area contributed by atoms with E-state index < -0.39 is 10.0 Å². The fourth-order valence-electron chi connectivity index (χ4n) is 4.03. The van der Waals surface area contributed by atoms with Gasteiger partial charge in [0.15, 0.2) is 5.82 Å². The summed E-state index contributed by atoms with van der Waals surface area (Å²) < 4.78 is 27.4. The highest BCUT2D eigenvalue weighted by Gasteiger charge is 2.30. The number of benzene rings is 1. The molecule has 2 aromatic heterocycles. The molecule has 0 spiro atoms. The van der Waals surface area contributed by atoms with Crippen molar-refractivity contribution >= 4 is 56.1 Å². The first-order valence-corrected chi connectivity index (χ1v) is 13.1. The molecule has 2 aliphatic heterocycles. The van der Waals surface area contributed by atoms with Gasteiger partial charge in [-0.2, -0.15) is 9.29 Å². The summed E-state index contributed by atoms with van der Waals surface area (Å²) in [4.78, 5) is 28.3. The number of sulfonamides is 1. The van der Waals surface area contributed by atoms with Gasteiger partial charge in [-0.25, -0.2) is 13.4 Å². The van der Waals surface area contributed by atoms with Crippen LogP contribution < -0.4 is 15.1 Å². The molecule has 3 aromatic rings. The second kappa shape index (κ2) is 8.62. The van der Waals surface area contributed by atoms with Crippen molar-refractivity contribution in [3.05, 3.63) is 46.8 Å². The lowest BCUT2D eigenvalue weighted by Gasteiger charge is -2.31. The number of hydrogen-bond acceptors (Lipinski definition) is 9. The fourth-order valence-corrected chi connectivity index (χ4v) is 6.35. The summed E-state index contributed by atoms with van der Waals surface area (Å²) in [5, 5.41) is 5.02. The van der Waals surface area contributed by atoms with Gasteiger partial charge >= 0.3 is 0 Å². The number of carbonyl (C=O) groups is 1. The van der Waals surface area contributed by atoms with E-state index in [1.165, 1.54) is 15.6 Å². The van der Waals surface area contributed by atoms with Gasteiger partial charge in [0.25, 0.3) is 5.91 Å². The van der Waals surface area contributed by atoms with Gasteiger partial charge in [-0.1, -0.05) is 0 Å². The topological polar surface area (TPSA) is 102 Å². The first-order valence-electron chi connectivity index (χ1n) is 10.8. The Morgan fingerprint density at radius 2 is 1.65 bits per heavy atom. The van der Waals surface area contributed by atoms with Crippen LogP contribution in [0, 0.1) is 0 Å². The number of likely N-dealkylation sites (N-methyl/N-ethyl adjacent to an activating group) is 1. The van der Waals surface area contributed by atoms with Crippen molar-refractivity contribution in [1.29, 1.82) is 0 Å². The summed E-state index contributed by atoms with van der Waals surface area (Å²) in [7, 11) is 2.03. The zero-order valence-corrected chi connectivity index (χ0v) is 20.7. The van der Waals surface area contributed by atoms with Crippen LogP contribution in [0.5, 0.6) is 0 Å². The Hall–Kier alpha value is -3.06. The predicted molar refractivity (Wildman–Crippen MR) is 133 cm³/mol. The average molecular weight is 500 g/mol. The number of anilines is 5. The van der Waals surface area contributed by atoms with Crippen molar-refractivity contribution < 1.29 is 13.2 Å². The van der Waals surface area contributed by atoms with Crippen LogP contribution in [0.3, 0.4) is 0 Å². The van der Waals surface area contributed by atoms with E-state index in [1.807, 2.05) is 30.4 Å². The maximum Gasteiger partial charge on any atom is 0.270 e. The zero-order valence-electron chi connectivity index (χ0n) is 19.1. The fraction of sp³-hybridized carbons (Fsp3) is 0.318. The highest BCUT2D eigenvalue weighted by molar-refractivity contribution is 7.89. The summed E-state index contributed by atoms with van der Waals surface area (Å²) in [6, 6.07) is 8.49. The Morgan fingerprint density at radius 3 is 2.35 bits per heavy atom. The van der Waals surface area contributed by atoms with Gasteiger partial charge in [-0.15, -0.1) is 11.3 Å². The van der Waals surface area contributed by atoms with Gasteiger partial charge < -0.3 is 20.0 Å². The summed E-state index contributed by atoms with van der Waals surface area (Å²) >= 11 is 1.39. The number of fused-ring (bicyclic) bond motifs is 2. The summed E-state index contributed by atoms with van der Waals surface area (Å²) in [6.45, 7) is 2.41. The highest BCUT2D eigenvalue weighted by Crippen LogP contribution is 2.40. The number of thiophene rings is 1. The Morgan fingerprint density at radius 1 is 0.941 bits per heavy atom. The number of amides is 1. The van der Waals surface area contributed by atoms with Gasteiger partial charge in [0.2, 0.25) is 16.0 Å². The van der Waals surface area contributed by atoms with Crippen molar-refractivity contribution in [3.8, 4) is 0 Å². The monoisotopic (exact) mass is 499 g/mol. The average Bonchev–Trinajstić information content (AvgIpc) is 3.31. The number of hydrogen-bond donors (Lipinski definition) is 1. The molecular weight excluding hydrogens is 474 g/mol. The molecular formula is C22H25N7O3S2. The van der Waals surface area contributed by atoms with Crippen molar-refractivity contribution in [2.75, 3.05) is 62.4 Å². The molecule has 12 heteroatoms. The molecule has 5 rings (SSSR count). The lowest BCUT2D eigenvalue weighted by molar-refractivity contribution is 0.0998. The summed E-state index contributed by atoms with van der Waals surface area (Å²) in [5.74, 6) is 0.844. The van der Waals surface area contributed by atoms with E-state index in [-0.39, 0.29) is 10.8 Å². The molecule has 1 fully saturated rings. The quantitative estimate of drug-likeness (QED) is 0.585. The molecule has 0 atom stereocenters. The molecule has 4 heterocycles. The molecule has 2 aliphatic rings. The van der Waals surface area contributed by atoms with E-state index in [9.17, 15) is 13.2 Å². The maximum atomic E-state index is 13.0. The Balaban J connectivity index is 1.38. The number of nitrogens with zero attached hydrogens (tertiary/aromatic N) is 6. The molecule has 1 amide bonds. The van der Waals surface area contributed by atoms with Crippen LogP contribution in [0.25, 0.3) is 0 Å². The van der Waals surface area contributed by atoms with E-state index in [4.69, 9.17) is 0 Å². The Labute approximate surface area is 202 Å². The normalized spacial score (nSPS) is 17.3. The molecule has 34 heavy (non-hydrogen) atoms. The van der Waals surface area contributed by atoms with E-state index >= 15 is 0 Å². The van der Waals surface area contributed by atoms with Crippen LogP contribution in [-0.2, 0) is 10.0 Å². The molecule has 178 valence electrons. The molecule has 1 saturated heterocycles. The van der Waals surface area contributed by atoms with Crippen LogP contribution in [0.1, 0.15) is 9.67 Å². The van der Waals surface area contributed by atoms with E-state index in [0.717, 1.165) is 18.8 Å². The molecule has 0 unspecified atom stereocenters. The van der Waals surface area contributed by atoms with Gasteiger partial charge in [-0.05, 0) is 42.8 Å². The predicted octanol–water partition coefficient (Wildman–Crippen LogP) is 2.58. The van der Waals surface area contributed by atoms with Crippen LogP contribution in [0.15, 0.2) is 46.8 Å². The third kappa shape index (κ3) is 3.92. The minimum absolute atomic E-state index is 0.0999. The molecule has 0 radical (unpaired) electrons. The van der Waals surface area contributed by atoms with Crippen LogP contribution in [0.2, 0.25) is 0 Å². The summed E-state index contributed by atoms with van der Waals surface area (Å²) in [5.41, 5.74) is 2.06. The number of piperazine rings is 1. The minimum Gasteiger partial charge on any atom is -0.326 e. The lowest BCUT2D eigenvalue weighted by atomic mass is 10.3. The number of nitrogens with one attached hydrogen (secondary N) is 1. The van der Waals surface area contributed by atoms with Crippen molar-refractivity contribution in [2.24, 2.45) is 0 Å². The minimum atomic E-state index is -3.53. The largest absolute Gasteiger partial charge is 0.326 e. The van der Waals surface area contributed by atoms with Gasteiger partial charge in [0.1, 0.15) is 10.6 Å². The maximum absolute atomic E-state index is 13.0. The molecule has 1 aromatic carbocycles. The first kappa shape index (κ1) is 22.7. The summed E-state index contributed by atoms with van der Waals surface area (Å²) in [6.07, 6.45) is 1.61. The molecule has 1 N–H and O–H groups in total. The third-order valence-corrected chi connectivity index (χ3v) is 8.95. The standard InChI is InChI=1S/C22H25N7O3S2/c1-26-9-11-29(12-10-26)34(31,32)16-6-4-15(5-7-16)24-22-23-14-18-20(25-22)27(2)17-8-13-33-19(17)21(30)28(18)3/h4-8,13-14H,9-12H2,1-3H3,(H,23,24,25). The Kier molecular flexibility index (Phi) is 5.76. The van der Waals surface area contributed by atoms with E-state index in [2.05, 4.69) is 20.2 Å². The van der Waals surface area contributed by atoms with Crippen LogP contribution in [0.4, 0.5) is 28.8 Å². The van der Waals surface area contributed by atoms with Crippen molar-refractivity contribution in [2.45, 2.75) is 4.90 Å². The lowest BCUT2D eigenvalue weighted by Crippen LogP contribution is -2.46. The highest BCUT2D eigenvalue weighted by atomic mass is 32.2. The van der Waals surface area contributed by atoms with Crippen LogP contribution in [-0.4, -0.2) is 80.8 Å². The molecule has 0 aliphatic carbocycles.